The molecule has 0 unspecified atom stereocenters. The fourth-order valence-electron chi connectivity index (χ4n) is 1.91. The van der Waals surface area contributed by atoms with Crippen LogP contribution in [0.25, 0.3) is 11.3 Å². The smallest absolute Gasteiger partial charge is 0.280 e. The fourth-order valence-corrected chi connectivity index (χ4v) is 1.91. The Bertz CT molecular complexity index is 864. The van der Waals surface area contributed by atoms with E-state index in [1.165, 1.54) is 12.4 Å². The summed E-state index contributed by atoms with van der Waals surface area (Å²) < 4.78 is 0. The van der Waals surface area contributed by atoms with Crippen LogP contribution in [-0.4, -0.2) is 26.1 Å². The predicted molar refractivity (Wildman–Crippen MR) is 83.4 cm³/mol. The maximum absolute atomic E-state index is 12.0. The standard InChI is InChI=1S/C15H12N6O2/c22-14(11-6-8-16-9-7-11)20-19-13-12(18-21-15(23)17-13)10-4-2-1-3-5-10/h1-9H,(H,20,22)(H2,17,19,21,23). The van der Waals surface area contributed by atoms with Gasteiger partial charge in [0.1, 0.15) is 5.69 Å². The van der Waals surface area contributed by atoms with E-state index in [1.807, 2.05) is 30.3 Å². The van der Waals surface area contributed by atoms with E-state index in [4.69, 9.17) is 0 Å². The van der Waals surface area contributed by atoms with Crippen LogP contribution in [0.2, 0.25) is 0 Å². The molecule has 0 atom stereocenters. The summed E-state index contributed by atoms with van der Waals surface area (Å²) in [5, 5.41) is 6.26. The van der Waals surface area contributed by atoms with Crippen molar-refractivity contribution < 1.29 is 4.79 Å². The van der Waals surface area contributed by atoms with Crippen molar-refractivity contribution in [3.05, 3.63) is 70.9 Å². The highest BCUT2D eigenvalue weighted by Gasteiger charge is 2.11. The third-order valence-electron chi connectivity index (χ3n) is 2.99. The Balaban J connectivity index is 1.84. The van der Waals surface area contributed by atoms with Gasteiger partial charge in [-0.25, -0.2) is 9.89 Å². The summed E-state index contributed by atoms with van der Waals surface area (Å²) >= 11 is 0. The van der Waals surface area contributed by atoms with E-state index < -0.39 is 5.69 Å². The second kappa shape index (κ2) is 6.48. The Morgan fingerprint density at radius 1 is 1.04 bits per heavy atom. The number of H-pyrrole nitrogens is 1. The highest BCUT2D eigenvalue weighted by molar-refractivity contribution is 5.94. The summed E-state index contributed by atoms with van der Waals surface area (Å²) in [6.07, 6.45) is 3.02. The second-order valence-corrected chi connectivity index (χ2v) is 4.52. The van der Waals surface area contributed by atoms with Crippen LogP contribution in [-0.2, 0) is 0 Å². The summed E-state index contributed by atoms with van der Waals surface area (Å²) in [5.74, 6) is -0.226. The van der Waals surface area contributed by atoms with Gasteiger partial charge < -0.3 is 0 Å². The topological polar surface area (TPSA) is 113 Å². The van der Waals surface area contributed by atoms with Crippen molar-refractivity contribution in [2.45, 2.75) is 0 Å². The first-order valence-corrected chi connectivity index (χ1v) is 6.72. The Morgan fingerprint density at radius 2 is 1.78 bits per heavy atom. The molecule has 114 valence electrons. The first kappa shape index (κ1) is 14.4. The molecular weight excluding hydrogens is 296 g/mol. The largest absolute Gasteiger partial charge is 0.363 e. The molecule has 0 saturated carbocycles. The molecule has 0 bridgehead atoms. The number of rotatable bonds is 4. The van der Waals surface area contributed by atoms with Crippen LogP contribution in [0.4, 0.5) is 5.82 Å². The van der Waals surface area contributed by atoms with Gasteiger partial charge in [-0.1, -0.05) is 30.3 Å². The van der Waals surface area contributed by atoms with Crippen molar-refractivity contribution in [1.29, 1.82) is 0 Å². The molecule has 3 N–H and O–H groups in total. The highest BCUT2D eigenvalue weighted by atomic mass is 16.2. The van der Waals surface area contributed by atoms with E-state index in [-0.39, 0.29) is 11.7 Å². The lowest BCUT2D eigenvalue weighted by atomic mass is 10.1. The molecular formula is C15H12N6O2. The van der Waals surface area contributed by atoms with E-state index >= 15 is 0 Å². The molecule has 0 saturated heterocycles. The number of nitrogens with one attached hydrogen (secondary N) is 3. The number of anilines is 1. The normalized spacial score (nSPS) is 10.1. The molecule has 1 amide bonds. The van der Waals surface area contributed by atoms with Gasteiger partial charge in [-0.05, 0) is 12.1 Å². The Hall–Kier alpha value is -3.55. The van der Waals surface area contributed by atoms with E-state index in [0.29, 0.717) is 11.3 Å². The zero-order chi connectivity index (χ0) is 16.1. The third-order valence-corrected chi connectivity index (χ3v) is 2.99. The number of nitrogens with zero attached hydrogens (tertiary/aromatic N) is 3. The first-order chi connectivity index (χ1) is 11.2. The van der Waals surface area contributed by atoms with Crippen LogP contribution in [0.1, 0.15) is 10.4 Å². The zero-order valence-corrected chi connectivity index (χ0v) is 11.9. The minimum atomic E-state index is -0.620. The van der Waals surface area contributed by atoms with Crippen LogP contribution < -0.4 is 16.5 Å². The van der Waals surface area contributed by atoms with Crippen LogP contribution in [0, 0.1) is 0 Å². The molecule has 2 heterocycles. The summed E-state index contributed by atoms with van der Waals surface area (Å²) in [7, 11) is 0. The first-order valence-electron chi connectivity index (χ1n) is 6.72. The van der Waals surface area contributed by atoms with Gasteiger partial charge in [-0.3, -0.25) is 20.6 Å². The third kappa shape index (κ3) is 3.38. The number of amides is 1. The van der Waals surface area contributed by atoms with Crippen molar-refractivity contribution in [2.24, 2.45) is 0 Å². The van der Waals surface area contributed by atoms with E-state index in [0.717, 1.165) is 5.56 Å². The van der Waals surface area contributed by atoms with Crippen molar-refractivity contribution in [1.82, 2.24) is 25.6 Å². The minimum Gasteiger partial charge on any atom is -0.280 e. The number of aromatic amines is 1. The lowest BCUT2D eigenvalue weighted by molar-refractivity contribution is 0.0962. The Labute approximate surface area is 130 Å². The molecule has 0 radical (unpaired) electrons. The Morgan fingerprint density at radius 3 is 2.52 bits per heavy atom. The lowest BCUT2D eigenvalue weighted by Crippen LogP contribution is -2.31. The molecule has 0 aliphatic heterocycles. The predicted octanol–water partition coefficient (Wildman–Crippen LogP) is 0.984. The molecule has 0 aliphatic rings. The fraction of sp³-hybridized carbons (Fsp3) is 0. The molecule has 3 rings (SSSR count). The van der Waals surface area contributed by atoms with E-state index in [2.05, 4.69) is 31.0 Å². The average Bonchev–Trinajstić information content (AvgIpc) is 2.61. The summed E-state index contributed by atoms with van der Waals surface area (Å²) in [4.78, 5) is 31.1. The van der Waals surface area contributed by atoms with Crippen molar-refractivity contribution in [3.63, 3.8) is 0 Å². The number of carbonyl (C=O) groups is 1. The monoisotopic (exact) mass is 308 g/mol. The number of hydrazine groups is 1. The number of hydrogen-bond donors (Lipinski definition) is 3. The van der Waals surface area contributed by atoms with Gasteiger partial charge in [0.05, 0.1) is 0 Å². The molecule has 8 nitrogen and oxygen atoms in total. The molecule has 2 aromatic heterocycles. The number of benzene rings is 1. The van der Waals surface area contributed by atoms with Crippen LogP contribution in [0.5, 0.6) is 0 Å². The SMILES string of the molecule is O=C(NNc1nc(=O)[nH]nc1-c1ccccc1)c1ccncc1. The number of hydrogen-bond acceptors (Lipinski definition) is 6. The van der Waals surface area contributed by atoms with Gasteiger partial charge in [0.2, 0.25) is 0 Å². The van der Waals surface area contributed by atoms with Crippen molar-refractivity contribution in [3.8, 4) is 11.3 Å². The molecule has 3 aromatic rings. The number of carbonyl (C=O) groups excluding carboxylic acids is 1. The van der Waals surface area contributed by atoms with Crippen molar-refractivity contribution >= 4 is 11.7 Å². The molecule has 0 fully saturated rings. The summed E-state index contributed by atoms with van der Waals surface area (Å²) in [6.45, 7) is 0. The number of pyridine rings is 1. The van der Waals surface area contributed by atoms with Gasteiger partial charge >= 0.3 is 5.69 Å². The molecule has 8 heteroatoms. The second-order valence-electron chi connectivity index (χ2n) is 4.52. The molecule has 23 heavy (non-hydrogen) atoms. The quantitative estimate of drug-likeness (QED) is 0.619. The highest BCUT2D eigenvalue weighted by Crippen LogP contribution is 2.20. The summed E-state index contributed by atoms with van der Waals surface area (Å²) in [5.41, 5.74) is 6.08. The van der Waals surface area contributed by atoms with Gasteiger partial charge in [0.15, 0.2) is 5.82 Å². The van der Waals surface area contributed by atoms with Gasteiger partial charge in [0.25, 0.3) is 5.91 Å². The van der Waals surface area contributed by atoms with Crippen LogP contribution >= 0.6 is 0 Å². The molecule has 0 aliphatic carbocycles. The maximum Gasteiger partial charge on any atom is 0.363 e. The lowest BCUT2D eigenvalue weighted by Gasteiger charge is -2.10. The molecule has 0 spiro atoms. The van der Waals surface area contributed by atoms with Gasteiger partial charge in [-0.15, -0.1) is 0 Å². The number of aromatic nitrogens is 4. The van der Waals surface area contributed by atoms with Crippen LogP contribution in [0.15, 0.2) is 59.7 Å². The average molecular weight is 308 g/mol. The van der Waals surface area contributed by atoms with E-state index in [1.54, 1.807) is 12.1 Å². The minimum absolute atomic E-state index is 0.155. The van der Waals surface area contributed by atoms with Gasteiger partial charge in [-0.2, -0.15) is 10.1 Å². The Kier molecular flexibility index (Phi) is 4.05. The van der Waals surface area contributed by atoms with Crippen LogP contribution in [0.3, 0.4) is 0 Å². The van der Waals surface area contributed by atoms with E-state index in [9.17, 15) is 9.59 Å². The summed E-state index contributed by atoms with van der Waals surface area (Å²) in [6, 6.07) is 12.3. The van der Waals surface area contributed by atoms with Gasteiger partial charge in [0, 0.05) is 23.5 Å². The maximum atomic E-state index is 12.0. The van der Waals surface area contributed by atoms with Crippen molar-refractivity contribution in [2.75, 3.05) is 5.43 Å². The zero-order valence-electron chi connectivity index (χ0n) is 11.9. The molecule has 1 aromatic carbocycles.